The maximum atomic E-state index is 12.4. The predicted molar refractivity (Wildman–Crippen MR) is 116 cm³/mol. The summed E-state index contributed by atoms with van der Waals surface area (Å²) in [6.45, 7) is -0.466. The van der Waals surface area contributed by atoms with Gasteiger partial charge >= 0.3 is 11.9 Å². The fourth-order valence-corrected chi connectivity index (χ4v) is 5.28. The van der Waals surface area contributed by atoms with Crippen LogP contribution in [0.5, 0.6) is 0 Å². The molecule has 1 aromatic heterocycles. The van der Waals surface area contributed by atoms with Gasteiger partial charge in [-0.3, -0.25) is 10.1 Å². The number of alkyl halides is 1. The molecule has 0 spiro atoms. The van der Waals surface area contributed by atoms with Crippen molar-refractivity contribution in [3.8, 4) is 0 Å². The summed E-state index contributed by atoms with van der Waals surface area (Å²) >= 11 is 8.78. The number of halogens is 1. The Morgan fingerprint density at radius 1 is 1.17 bits per heavy atom. The maximum Gasteiger partial charge on any atom is 0.346 e. The van der Waals surface area contributed by atoms with Crippen LogP contribution in [0.15, 0.2) is 47.4 Å². The van der Waals surface area contributed by atoms with Crippen molar-refractivity contribution in [1.29, 1.82) is 0 Å². The van der Waals surface area contributed by atoms with Gasteiger partial charge in [-0.2, -0.15) is 0 Å². The normalized spacial score (nSPS) is 14.7. The van der Waals surface area contributed by atoms with E-state index in [4.69, 9.17) is 21.1 Å². The van der Waals surface area contributed by atoms with Gasteiger partial charge in [0.15, 0.2) is 11.7 Å². The van der Waals surface area contributed by atoms with E-state index >= 15 is 0 Å². The van der Waals surface area contributed by atoms with Gasteiger partial charge in [0.2, 0.25) is 0 Å². The number of carbonyl (C=O) groups is 3. The quantitative estimate of drug-likeness (QED) is 0.352. The van der Waals surface area contributed by atoms with Crippen molar-refractivity contribution < 1.29 is 23.9 Å². The highest BCUT2D eigenvalue weighted by atomic mass is 35.5. The van der Waals surface area contributed by atoms with Crippen molar-refractivity contribution in [3.05, 3.63) is 53.6 Å². The lowest BCUT2D eigenvalue weighted by atomic mass is 10.1. The molecular weight excluding hydrogens is 448 g/mol. The molecule has 1 aliphatic rings. The number of rotatable bonds is 5. The Morgan fingerprint density at radius 3 is 2.73 bits per heavy atom. The topological polar surface area (TPSA) is 94.6 Å². The van der Waals surface area contributed by atoms with E-state index < -0.39 is 29.8 Å². The second-order valence-corrected chi connectivity index (χ2v) is 8.73. The summed E-state index contributed by atoms with van der Waals surface area (Å²) in [6, 6.07) is 12.3. The van der Waals surface area contributed by atoms with Crippen LogP contribution in [0.25, 0.3) is 10.2 Å². The summed E-state index contributed by atoms with van der Waals surface area (Å²) in [7, 11) is 1.31. The van der Waals surface area contributed by atoms with Crippen LogP contribution in [0.4, 0.5) is 5.13 Å². The average molecular weight is 462 g/mol. The fraction of sp³-hybridized carbons (Fsp3) is 0.150. The molecule has 3 aromatic rings. The minimum atomic E-state index is -0.627. The first kappa shape index (κ1) is 20.4. The van der Waals surface area contributed by atoms with Gasteiger partial charge in [-0.25, -0.2) is 14.6 Å². The van der Waals surface area contributed by atoms with Crippen LogP contribution in [0.1, 0.15) is 21.3 Å². The number of aromatic nitrogens is 1. The van der Waals surface area contributed by atoms with Crippen molar-refractivity contribution >= 4 is 72.3 Å². The molecule has 1 atom stereocenters. The number of nitrogens with zero attached hydrogens (tertiary/aromatic N) is 1. The second-order valence-electron chi connectivity index (χ2n) is 6.18. The highest BCUT2D eigenvalue weighted by molar-refractivity contribution is 8.00. The number of hydrogen-bond donors (Lipinski definition) is 1. The summed E-state index contributed by atoms with van der Waals surface area (Å²) in [4.78, 5) is 41.7. The molecule has 1 aliphatic heterocycles. The zero-order chi connectivity index (χ0) is 21.3. The molecule has 30 heavy (non-hydrogen) atoms. The van der Waals surface area contributed by atoms with Gasteiger partial charge in [-0.15, -0.1) is 23.0 Å². The van der Waals surface area contributed by atoms with Gasteiger partial charge < -0.3 is 9.47 Å². The third kappa shape index (κ3) is 4.04. The van der Waals surface area contributed by atoms with Crippen LogP contribution in [-0.2, 0) is 19.1 Å². The Morgan fingerprint density at radius 2 is 1.97 bits per heavy atom. The predicted octanol–water partition coefficient (Wildman–Crippen LogP) is 3.82. The Labute approximate surface area is 183 Å². The van der Waals surface area contributed by atoms with E-state index in [2.05, 4.69) is 10.3 Å². The zero-order valence-corrected chi connectivity index (χ0v) is 17.9. The van der Waals surface area contributed by atoms with E-state index in [0.717, 1.165) is 10.5 Å². The Balaban J connectivity index is 1.37. The van der Waals surface area contributed by atoms with Gasteiger partial charge in [-0.05, 0) is 29.8 Å². The van der Waals surface area contributed by atoms with E-state index in [0.29, 0.717) is 25.8 Å². The van der Waals surface area contributed by atoms with Gasteiger partial charge in [-0.1, -0.05) is 29.5 Å². The zero-order valence-electron chi connectivity index (χ0n) is 15.5. The third-order valence-corrected chi connectivity index (χ3v) is 6.96. The van der Waals surface area contributed by atoms with E-state index in [1.165, 1.54) is 29.8 Å². The van der Waals surface area contributed by atoms with E-state index in [1.807, 2.05) is 24.3 Å². The summed E-state index contributed by atoms with van der Waals surface area (Å²) in [5.41, 5.74) is 1.87. The maximum absolute atomic E-state index is 12.4. The van der Waals surface area contributed by atoms with Crippen molar-refractivity contribution in [2.24, 2.45) is 0 Å². The Bertz CT molecular complexity index is 1210. The van der Waals surface area contributed by atoms with Gasteiger partial charge in [0, 0.05) is 4.90 Å². The minimum Gasteiger partial charge on any atom is -0.465 e. The summed E-state index contributed by atoms with van der Waals surface area (Å²) < 4.78 is 10.5. The van der Waals surface area contributed by atoms with Crippen LogP contribution in [-0.4, -0.2) is 41.4 Å². The van der Waals surface area contributed by atoms with Crippen LogP contribution in [0.2, 0.25) is 0 Å². The number of methoxy groups -OCH3 is 1. The standard InChI is InChI=1S/C20H14ClN2O5S2/c1-27-18(25)10-6-7-12-14(8-10)30-20(22-12)23-15(24)9-28-19(26)17-16(21)11-4-2-3-5-13(11)29-17/h2-8,16H,9H2,1H3,(H,22,23,24). The Hall–Kier alpha value is -2.88. The molecule has 0 bridgehead atoms. The summed E-state index contributed by atoms with van der Waals surface area (Å²) in [5, 5.41) is 2.34. The molecule has 0 saturated carbocycles. The van der Waals surface area contributed by atoms with Crippen LogP contribution >= 0.6 is 34.3 Å². The first-order valence-corrected chi connectivity index (χ1v) is 10.8. The van der Waals surface area contributed by atoms with E-state index in [9.17, 15) is 14.4 Å². The average Bonchev–Trinajstić information content (AvgIpc) is 3.31. The molecule has 7 nitrogen and oxygen atoms in total. The number of nitrogens with one attached hydrogen (secondary N) is 1. The lowest BCUT2D eigenvalue weighted by molar-refractivity contribution is -0.140. The molecule has 1 N–H and O–H groups in total. The highest BCUT2D eigenvalue weighted by Gasteiger charge is 2.30. The molecule has 10 heteroatoms. The molecule has 1 unspecified atom stereocenters. The summed E-state index contributed by atoms with van der Waals surface area (Å²) in [6.07, 6.45) is 0. The molecule has 0 aliphatic carbocycles. The minimum absolute atomic E-state index is 0.332. The number of hydrogen-bond acceptors (Lipinski definition) is 7. The highest BCUT2D eigenvalue weighted by Crippen LogP contribution is 2.38. The van der Waals surface area contributed by atoms with Crippen LogP contribution < -0.4 is 5.32 Å². The number of fused-ring (bicyclic) bond motifs is 2. The monoisotopic (exact) mass is 461 g/mol. The van der Waals surface area contributed by atoms with E-state index in [1.54, 1.807) is 18.2 Å². The van der Waals surface area contributed by atoms with Crippen molar-refractivity contribution in [1.82, 2.24) is 4.98 Å². The van der Waals surface area contributed by atoms with Gasteiger partial charge in [0.25, 0.3) is 5.91 Å². The van der Waals surface area contributed by atoms with Gasteiger partial charge in [0.1, 0.15) is 10.2 Å². The van der Waals surface area contributed by atoms with Crippen LogP contribution in [0, 0.1) is 0 Å². The first-order chi connectivity index (χ1) is 14.5. The van der Waals surface area contributed by atoms with Crippen molar-refractivity contribution in [3.63, 3.8) is 0 Å². The molecule has 0 saturated heterocycles. The molecular formula is C20H14ClN2O5S2. The number of ether oxygens (including phenoxy) is 2. The molecule has 2 heterocycles. The largest absolute Gasteiger partial charge is 0.465 e. The van der Waals surface area contributed by atoms with Crippen LogP contribution in [0.3, 0.4) is 0 Å². The number of esters is 2. The first-order valence-electron chi connectivity index (χ1n) is 8.70. The van der Waals surface area contributed by atoms with Crippen molar-refractivity contribution in [2.45, 2.75) is 10.3 Å². The number of benzene rings is 2. The van der Waals surface area contributed by atoms with Gasteiger partial charge in [0.05, 0.1) is 22.9 Å². The molecule has 0 fully saturated rings. The molecule has 153 valence electrons. The van der Waals surface area contributed by atoms with E-state index in [-0.39, 0.29) is 0 Å². The third-order valence-electron chi connectivity index (χ3n) is 4.23. The number of anilines is 1. The smallest absolute Gasteiger partial charge is 0.346 e. The summed E-state index contributed by atoms with van der Waals surface area (Å²) in [5.74, 6) is -1.61. The molecule has 4 rings (SSSR count). The number of thiazole rings is 1. The SMILES string of the molecule is COC(=O)c1ccc2nc(NC(=O)COC(=O)C3=[S]c4ccccc4C3Cl)sc2c1. The van der Waals surface area contributed by atoms with Crippen molar-refractivity contribution in [2.75, 3.05) is 19.0 Å². The second kappa shape index (κ2) is 8.47. The fourth-order valence-electron chi connectivity index (χ4n) is 2.82. The molecule has 1 radical (unpaired) electrons. The number of amides is 1. The Kier molecular flexibility index (Phi) is 5.76. The lowest BCUT2D eigenvalue weighted by Crippen LogP contribution is -2.25. The molecule has 2 aromatic carbocycles. The lowest BCUT2D eigenvalue weighted by Gasteiger charge is -2.08. The number of carbonyl (C=O) groups excluding carboxylic acids is 3. The molecule has 1 amide bonds.